The number of imide groups is 1. The van der Waals surface area contributed by atoms with Gasteiger partial charge < -0.3 is 4.74 Å². The number of carbonyl (C=O) groups is 3. The van der Waals surface area contributed by atoms with E-state index in [-0.39, 0.29) is 17.1 Å². The van der Waals surface area contributed by atoms with Gasteiger partial charge in [-0.2, -0.15) is 0 Å². The summed E-state index contributed by atoms with van der Waals surface area (Å²) < 4.78 is 5.02. The van der Waals surface area contributed by atoms with Gasteiger partial charge in [0.2, 0.25) is 0 Å². The Morgan fingerprint density at radius 1 is 1.12 bits per heavy atom. The number of ether oxygens (including phenoxy) is 1. The van der Waals surface area contributed by atoms with Crippen LogP contribution in [0.15, 0.2) is 53.4 Å². The highest BCUT2D eigenvalue weighted by Crippen LogP contribution is 2.27. The van der Waals surface area contributed by atoms with Gasteiger partial charge in [0.25, 0.3) is 11.1 Å². The highest BCUT2D eigenvalue weighted by molar-refractivity contribution is 8.18. The quantitative estimate of drug-likeness (QED) is 0.667. The highest BCUT2D eigenvalue weighted by atomic mass is 32.2. The Morgan fingerprint density at radius 2 is 1.88 bits per heavy atom. The fraction of sp³-hybridized carbons (Fsp3) is 0.105. The van der Waals surface area contributed by atoms with Crippen LogP contribution in [0.3, 0.4) is 0 Å². The molecule has 0 aliphatic carbocycles. The summed E-state index contributed by atoms with van der Waals surface area (Å²) in [6.45, 7) is 2.10. The average molecular weight is 353 g/mol. The van der Waals surface area contributed by atoms with Crippen LogP contribution in [0.1, 0.15) is 22.8 Å². The molecule has 1 heterocycles. The van der Waals surface area contributed by atoms with E-state index in [1.54, 1.807) is 25.1 Å². The minimum atomic E-state index is -0.374. The van der Waals surface area contributed by atoms with Gasteiger partial charge in [-0.15, -0.1) is 0 Å². The minimum absolute atomic E-state index is 0.334. The average Bonchev–Trinajstić information content (AvgIpc) is 2.93. The Hall–Kier alpha value is -2.86. The molecular weight excluding hydrogens is 338 g/mol. The van der Waals surface area contributed by atoms with E-state index in [0.717, 1.165) is 28.5 Å². The Bertz CT molecular complexity index is 871. The third-order valence-corrected chi connectivity index (χ3v) is 4.37. The van der Waals surface area contributed by atoms with Crippen molar-refractivity contribution in [2.24, 2.45) is 0 Å². The Morgan fingerprint density at radius 3 is 2.52 bits per heavy atom. The van der Waals surface area contributed by atoms with Crippen molar-refractivity contribution in [1.29, 1.82) is 0 Å². The lowest BCUT2D eigenvalue weighted by Gasteiger charge is -2.06. The van der Waals surface area contributed by atoms with Gasteiger partial charge in [0.05, 0.1) is 17.1 Å². The third kappa shape index (κ3) is 3.97. The van der Waals surface area contributed by atoms with Crippen molar-refractivity contribution in [3.05, 3.63) is 64.6 Å². The first-order valence-corrected chi connectivity index (χ1v) is 8.51. The maximum atomic E-state index is 11.8. The molecule has 0 atom stereocenters. The van der Waals surface area contributed by atoms with Crippen molar-refractivity contribution in [2.75, 3.05) is 6.61 Å². The van der Waals surface area contributed by atoms with Gasteiger partial charge in [-0.1, -0.05) is 36.4 Å². The number of carbonyl (C=O) groups excluding carboxylic acids is 3. The summed E-state index contributed by atoms with van der Waals surface area (Å²) in [4.78, 5) is 35.0. The van der Waals surface area contributed by atoms with Crippen molar-refractivity contribution in [3.63, 3.8) is 0 Å². The molecule has 0 radical (unpaired) electrons. The highest BCUT2D eigenvalue weighted by Gasteiger charge is 2.24. The fourth-order valence-corrected chi connectivity index (χ4v) is 3.07. The number of nitrogens with one attached hydrogen (secondary N) is 1. The maximum Gasteiger partial charge on any atom is 0.338 e. The van der Waals surface area contributed by atoms with Crippen LogP contribution in [0.25, 0.3) is 17.2 Å². The molecule has 5 nitrogen and oxygen atoms in total. The molecule has 1 fully saturated rings. The molecule has 1 N–H and O–H groups in total. The van der Waals surface area contributed by atoms with E-state index in [4.69, 9.17) is 4.74 Å². The Kier molecular flexibility index (Phi) is 5.00. The minimum Gasteiger partial charge on any atom is -0.462 e. The number of rotatable bonds is 4. The molecular formula is C19H15NO4S. The fourth-order valence-electron chi connectivity index (χ4n) is 2.38. The molecule has 2 aromatic carbocycles. The van der Waals surface area contributed by atoms with Crippen LogP contribution in [-0.2, 0) is 9.53 Å². The molecule has 2 aromatic rings. The first-order valence-electron chi connectivity index (χ1n) is 7.69. The molecule has 6 heteroatoms. The normalized spacial score (nSPS) is 15.3. The summed E-state index contributed by atoms with van der Waals surface area (Å²) >= 11 is 0.889. The molecule has 0 aromatic heterocycles. The van der Waals surface area contributed by atoms with E-state index >= 15 is 0 Å². The molecule has 3 rings (SSSR count). The van der Waals surface area contributed by atoms with E-state index in [1.807, 2.05) is 36.4 Å². The van der Waals surface area contributed by atoms with Crippen LogP contribution >= 0.6 is 11.8 Å². The third-order valence-electron chi connectivity index (χ3n) is 3.56. The Balaban J connectivity index is 1.82. The second-order valence-corrected chi connectivity index (χ2v) is 6.29. The predicted octanol–water partition coefficient (Wildman–Crippen LogP) is 3.85. The number of esters is 1. The van der Waals surface area contributed by atoms with Gasteiger partial charge >= 0.3 is 5.97 Å². The molecule has 0 bridgehead atoms. The number of hydrogen-bond acceptors (Lipinski definition) is 5. The van der Waals surface area contributed by atoms with E-state index in [0.29, 0.717) is 17.1 Å². The van der Waals surface area contributed by atoms with Gasteiger partial charge in [0.1, 0.15) is 0 Å². The van der Waals surface area contributed by atoms with E-state index in [9.17, 15) is 14.4 Å². The summed E-state index contributed by atoms with van der Waals surface area (Å²) in [5.74, 6) is -0.721. The molecule has 1 aliphatic heterocycles. The number of amides is 2. The van der Waals surface area contributed by atoms with Crippen LogP contribution < -0.4 is 5.32 Å². The lowest BCUT2D eigenvalue weighted by molar-refractivity contribution is -0.115. The topological polar surface area (TPSA) is 72.5 Å². The molecule has 25 heavy (non-hydrogen) atoms. The zero-order valence-corrected chi connectivity index (χ0v) is 14.3. The lowest BCUT2D eigenvalue weighted by Crippen LogP contribution is -2.17. The number of hydrogen-bond donors (Lipinski definition) is 1. The van der Waals surface area contributed by atoms with Crippen LogP contribution in [0.5, 0.6) is 0 Å². The molecule has 1 aliphatic rings. The summed E-state index contributed by atoms with van der Waals surface area (Å²) in [5, 5.41) is 1.87. The van der Waals surface area contributed by atoms with Crippen molar-refractivity contribution >= 4 is 35.0 Å². The van der Waals surface area contributed by atoms with Crippen LogP contribution in [-0.4, -0.2) is 23.7 Å². The van der Waals surface area contributed by atoms with Crippen LogP contribution in [0.2, 0.25) is 0 Å². The SMILES string of the molecule is CCOC(=O)c1cccc(-c2ccc(/C=C3/SC(=O)NC3=O)cc2)c1. The van der Waals surface area contributed by atoms with Crippen molar-refractivity contribution < 1.29 is 19.1 Å². The van der Waals surface area contributed by atoms with E-state index in [1.165, 1.54) is 0 Å². The summed E-state index contributed by atoms with van der Waals surface area (Å²) in [6, 6.07) is 14.7. The zero-order valence-electron chi connectivity index (χ0n) is 13.4. The van der Waals surface area contributed by atoms with Crippen molar-refractivity contribution in [1.82, 2.24) is 5.32 Å². The summed E-state index contributed by atoms with van der Waals surface area (Å²) in [7, 11) is 0. The monoisotopic (exact) mass is 353 g/mol. The molecule has 1 saturated heterocycles. The molecule has 0 spiro atoms. The second-order valence-electron chi connectivity index (χ2n) is 5.28. The standard InChI is InChI=1S/C19H15NO4S/c1-2-24-18(22)15-5-3-4-14(11-15)13-8-6-12(7-9-13)10-16-17(21)20-19(23)25-16/h3-11H,2H2,1H3,(H,20,21,23)/b16-10+. The van der Waals surface area contributed by atoms with E-state index in [2.05, 4.69) is 5.32 Å². The van der Waals surface area contributed by atoms with Gasteiger partial charge in [-0.05, 0) is 53.6 Å². The van der Waals surface area contributed by atoms with Crippen LogP contribution in [0, 0.1) is 0 Å². The maximum absolute atomic E-state index is 11.8. The Labute approximate surface area is 149 Å². The van der Waals surface area contributed by atoms with Gasteiger partial charge in [0, 0.05) is 0 Å². The predicted molar refractivity (Wildman–Crippen MR) is 96.9 cm³/mol. The second kappa shape index (κ2) is 7.36. The van der Waals surface area contributed by atoms with Crippen molar-refractivity contribution in [2.45, 2.75) is 6.92 Å². The smallest absolute Gasteiger partial charge is 0.338 e. The van der Waals surface area contributed by atoms with Crippen LogP contribution in [0.4, 0.5) is 4.79 Å². The molecule has 2 amide bonds. The molecule has 126 valence electrons. The van der Waals surface area contributed by atoms with E-state index < -0.39 is 0 Å². The summed E-state index contributed by atoms with van der Waals surface area (Å²) in [5.41, 5.74) is 3.15. The number of benzene rings is 2. The number of thioether (sulfide) groups is 1. The van der Waals surface area contributed by atoms with Gasteiger partial charge in [-0.3, -0.25) is 14.9 Å². The first-order chi connectivity index (χ1) is 12.1. The summed E-state index contributed by atoms with van der Waals surface area (Å²) in [6.07, 6.45) is 1.67. The zero-order chi connectivity index (χ0) is 17.8. The van der Waals surface area contributed by atoms with Gasteiger partial charge in [0.15, 0.2) is 0 Å². The molecule has 0 unspecified atom stereocenters. The lowest BCUT2D eigenvalue weighted by atomic mass is 10.0. The van der Waals surface area contributed by atoms with Gasteiger partial charge in [-0.25, -0.2) is 4.79 Å². The molecule has 0 saturated carbocycles. The van der Waals surface area contributed by atoms with Crippen molar-refractivity contribution in [3.8, 4) is 11.1 Å². The first kappa shape index (κ1) is 17.0. The largest absolute Gasteiger partial charge is 0.462 e.